The lowest BCUT2D eigenvalue weighted by Crippen LogP contribution is -2.44. The number of methoxy groups -OCH3 is 1. The Balaban J connectivity index is 1.88. The summed E-state index contributed by atoms with van der Waals surface area (Å²) < 4.78 is 5.47. The van der Waals surface area contributed by atoms with Gasteiger partial charge in [0.25, 0.3) is 0 Å². The van der Waals surface area contributed by atoms with Gasteiger partial charge in [-0.1, -0.05) is 41.9 Å². The van der Waals surface area contributed by atoms with Crippen molar-refractivity contribution in [2.24, 2.45) is 17.0 Å². The number of oxime groups is 1. The van der Waals surface area contributed by atoms with Gasteiger partial charge in [-0.15, -0.1) is 0 Å². The highest BCUT2D eigenvalue weighted by atomic mass is 35.5. The van der Waals surface area contributed by atoms with Crippen LogP contribution in [0.3, 0.4) is 0 Å². The molecule has 8 nitrogen and oxygen atoms in total. The fraction of sp³-hybridized carbons (Fsp3) is 0.429. The number of ether oxygens (including phenoxy) is 1. The Morgan fingerprint density at radius 1 is 1.19 bits per heavy atom. The minimum absolute atomic E-state index is 0.0142. The molecule has 2 atom stereocenters. The molecule has 0 N–H and O–H groups in total. The Labute approximate surface area is 223 Å². The smallest absolute Gasteiger partial charge is 0.232 e. The Morgan fingerprint density at radius 3 is 2.57 bits per heavy atom. The van der Waals surface area contributed by atoms with Crippen LogP contribution in [0.2, 0.25) is 5.02 Å². The summed E-state index contributed by atoms with van der Waals surface area (Å²) in [5.74, 6) is -0.654. The fourth-order valence-electron chi connectivity index (χ4n) is 4.36. The van der Waals surface area contributed by atoms with Gasteiger partial charge in [-0.25, -0.2) is 0 Å². The summed E-state index contributed by atoms with van der Waals surface area (Å²) in [6.45, 7) is 1.87. The van der Waals surface area contributed by atoms with E-state index < -0.39 is 17.7 Å². The lowest BCUT2D eigenvalue weighted by atomic mass is 9.93. The minimum atomic E-state index is -0.508. The number of imide groups is 1. The number of carbonyl (C=O) groups excluding carboxylic acids is 3. The molecule has 0 spiro atoms. The first-order valence-corrected chi connectivity index (χ1v) is 12.8. The van der Waals surface area contributed by atoms with Crippen molar-refractivity contribution >= 4 is 35.0 Å². The van der Waals surface area contributed by atoms with E-state index in [1.165, 1.54) is 9.80 Å². The van der Waals surface area contributed by atoms with Gasteiger partial charge in [0.2, 0.25) is 17.7 Å². The number of para-hydroxylation sites is 1. The maximum atomic E-state index is 13.7. The van der Waals surface area contributed by atoms with Gasteiger partial charge in [0.1, 0.15) is 5.75 Å². The lowest BCUT2D eigenvalue weighted by molar-refractivity contribution is -0.149. The molecule has 0 aromatic heterocycles. The van der Waals surface area contributed by atoms with Crippen LogP contribution in [0.25, 0.3) is 0 Å². The Bertz CT molecular complexity index is 1140. The van der Waals surface area contributed by atoms with Crippen LogP contribution in [0.1, 0.15) is 38.2 Å². The molecule has 0 saturated carbocycles. The molecule has 9 heteroatoms. The van der Waals surface area contributed by atoms with Crippen molar-refractivity contribution in [1.82, 2.24) is 9.80 Å². The van der Waals surface area contributed by atoms with Crippen molar-refractivity contribution in [2.75, 3.05) is 27.7 Å². The van der Waals surface area contributed by atoms with Crippen molar-refractivity contribution < 1.29 is 24.0 Å². The molecule has 1 aliphatic rings. The number of carbonyl (C=O) groups is 3. The number of rotatable bonds is 9. The Hall–Kier alpha value is -3.39. The van der Waals surface area contributed by atoms with E-state index in [1.54, 1.807) is 51.5 Å². The zero-order valence-corrected chi connectivity index (χ0v) is 22.5. The zero-order valence-electron chi connectivity index (χ0n) is 21.8. The second-order valence-electron chi connectivity index (χ2n) is 9.32. The van der Waals surface area contributed by atoms with E-state index >= 15 is 0 Å². The molecule has 3 amide bonds. The monoisotopic (exact) mass is 527 g/mol. The van der Waals surface area contributed by atoms with Gasteiger partial charge in [-0.05, 0) is 61.6 Å². The molecule has 198 valence electrons. The molecule has 37 heavy (non-hydrogen) atoms. The predicted molar refractivity (Wildman–Crippen MR) is 143 cm³/mol. The summed E-state index contributed by atoms with van der Waals surface area (Å²) in [6, 6.07) is 14.4. The molecule has 2 aromatic rings. The normalized spacial score (nSPS) is 17.8. The first kappa shape index (κ1) is 28.2. The average molecular weight is 528 g/mol. The summed E-state index contributed by atoms with van der Waals surface area (Å²) in [6.07, 6.45) is 1.74. The van der Waals surface area contributed by atoms with Gasteiger partial charge in [0.05, 0.1) is 19.4 Å². The summed E-state index contributed by atoms with van der Waals surface area (Å²) in [5.41, 5.74) is 1.37. The maximum absolute atomic E-state index is 13.7. The number of benzene rings is 2. The van der Waals surface area contributed by atoms with Crippen molar-refractivity contribution in [2.45, 2.75) is 39.0 Å². The molecule has 1 aliphatic heterocycles. The lowest BCUT2D eigenvalue weighted by Gasteiger charge is -2.25. The van der Waals surface area contributed by atoms with Crippen LogP contribution in [0.5, 0.6) is 11.5 Å². The zero-order chi connectivity index (χ0) is 26.9. The highest BCUT2D eigenvalue weighted by Crippen LogP contribution is 2.29. The second-order valence-corrected chi connectivity index (χ2v) is 9.75. The van der Waals surface area contributed by atoms with E-state index in [4.69, 9.17) is 21.2 Å². The SMILES string of the molecule is CC[C@@H](CC(=O)N1C/C(=N/Oc2ccccc2)CCC(Cc2cc(Cl)ccc2OC)C1=O)C(=O)N(C)C. The molecule has 1 fully saturated rings. The van der Waals surface area contributed by atoms with Gasteiger partial charge in [-0.3, -0.25) is 19.3 Å². The molecular formula is C28H34ClN3O5. The topological polar surface area (TPSA) is 88.5 Å². The van der Waals surface area contributed by atoms with E-state index in [2.05, 4.69) is 5.16 Å². The van der Waals surface area contributed by atoms with Crippen molar-refractivity contribution in [3.8, 4) is 11.5 Å². The molecule has 3 rings (SSSR count). The fourth-order valence-corrected chi connectivity index (χ4v) is 4.56. The minimum Gasteiger partial charge on any atom is -0.496 e. The van der Waals surface area contributed by atoms with Crippen LogP contribution >= 0.6 is 11.6 Å². The molecule has 0 bridgehead atoms. The predicted octanol–water partition coefficient (Wildman–Crippen LogP) is 4.60. The molecule has 0 radical (unpaired) electrons. The standard InChI is InChI=1S/C28H34ClN3O5/c1-5-19(27(34)31(2)3)17-26(33)32-18-23(30-37-24-9-7-6-8-10-24)13-11-20(28(32)35)15-21-16-22(29)12-14-25(21)36-4/h6-10,12,14,16,19-20H,5,11,13,15,17-18H2,1-4H3/b30-23+/t19-,20?/m0/s1. The third kappa shape index (κ3) is 7.55. The van der Waals surface area contributed by atoms with E-state index in [0.29, 0.717) is 47.9 Å². The van der Waals surface area contributed by atoms with Gasteiger partial charge in [0, 0.05) is 37.4 Å². The second kappa shape index (κ2) is 13.2. The molecular weight excluding hydrogens is 494 g/mol. The van der Waals surface area contributed by atoms with Gasteiger partial charge in [-0.2, -0.15) is 0 Å². The summed E-state index contributed by atoms with van der Waals surface area (Å²) in [5, 5.41) is 4.82. The summed E-state index contributed by atoms with van der Waals surface area (Å²) in [7, 11) is 4.88. The quantitative estimate of drug-likeness (QED) is 0.445. The van der Waals surface area contributed by atoms with E-state index in [9.17, 15) is 14.4 Å². The number of hydrogen-bond donors (Lipinski definition) is 0. The Kier molecular flexibility index (Phi) is 10.1. The highest BCUT2D eigenvalue weighted by molar-refractivity contribution is 6.30. The average Bonchev–Trinajstić information content (AvgIpc) is 3.05. The third-order valence-corrected chi connectivity index (χ3v) is 6.71. The first-order valence-electron chi connectivity index (χ1n) is 12.4. The van der Waals surface area contributed by atoms with E-state index in [-0.39, 0.29) is 24.8 Å². The third-order valence-electron chi connectivity index (χ3n) is 6.47. The van der Waals surface area contributed by atoms with Crippen LogP contribution < -0.4 is 9.57 Å². The van der Waals surface area contributed by atoms with Crippen molar-refractivity contribution in [3.63, 3.8) is 0 Å². The van der Waals surface area contributed by atoms with Crippen LogP contribution in [0, 0.1) is 11.8 Å². The first-order chi connectivity index (χ1) is 17.7. The number of nitrogens with zero attached hydrogens (tertiary/aromatic N) is 3. The highest BCUT2D eigenvalue weighted by Gasteiger charge is 2.35. The molecule has 1 unspecified atom stereocenters. The van der Waals surface area contributed by atoms with E-state index in [0.717, 1.165) is 5.56 Å². The van der Waals surface area contributed by atoms with E-state index in [1.807, 2.05) is 25.1 Å². The number of hydrogen-bond acceptors (Lipinski definition) is 6. The van der Waals surface area contributed by atoms with Gasteiger partial charge in [0.15, 0.2) is 5.75 Å². The number of halogens is 1. The molecule has 2 aromatic carbocycles. The van der Waals surface area contributed by atoms with Gasteiger partial charge >= 0.3 is 0 Å². The number of amides is 3. The largest absolute Gasteiger partial charge is 0.496 e. The maximum Gasteiger partial charge on any atom is 0.232 e. The number of likely N-dealkylation sites (tertiary alicyclic amines) is 1. The summed E-state index contributed by atoms with van der Waals surface area (Å²) >= 11 is 6.21. The molecule has 1 heterocycles. The molecule has 1 saturated heterocycles. The summed E-state index contributed by atoms with van der Waals surface area (Å²) in [4.78, 5) is 48.0. The molecule has 0 aliphatic carbocycles. The van der Waals surface area contributed by atoms with Crippen LogP contribution in [0.4, 0.5) is 0 Å². The van der Waals surface area contributed by atoms with Crippen LogP contribution in [-0.4, -0.2) is 61.0 Å². The Morgan fingerprint density at radius 2 is 1.92 bits per heavy atom. The van der Waals surface area contributed by atoms with Gasteiger partial charge < -0.3 is 14.5 Å². The van der Waals surface area contributed by atoms with Crippen molar-refractivity contribution in [3.05, 3.63) is 59.1 Å². The van der Waals surface area contributed by atoms with Crippen LogP contribution in [-0.2, 0) is 20.8 Å². The van der Waals surface area contributed by atoms with Crippen LogP contribution in [0.15, 0.2) is 53.7 Å². The van der Waals surface area contributed by atoms with Crippen molar-refractivity contribution in [1.29, 1.82) is 0 Å².